The van der Waals surface area contributed by atoms with E-state index >= 15 is 0 Å². The summed E-state index contributed by atoms with van der Waals surface area (Å²) in [6, 6.07) is 0.151. The highest BCUT2D eigenvalue weighted by Crippen LogP contribution is 2.30. The minimum atomic E-state index is 0.151. The molecule has 1 heterocycles. The summed E-state index contributed by atoms with van der Waals surface area (Å²) in [5.74, 6) is 1.48. The van der Waals surface area contributed by atoms with Gasteiger partial charge in [0, 0.05) is 0 Å². The second-order valence-electron chi connectivity index (χ2n) is 4.61. The van der Waals surface area contributed by atoms with Crippen LogP contribution in [0.3, 0.4) is 0 Å². The highest BCUT2D eigenvalue weighted by Gasteiger charge is 2.24. The molecular formula is C14H25N3O2. The van der Waals surface area contributed by atoms with Crippen LogP contribution in [0.4, 0.5) is 0 Å². The van der Waals surface area contributed by atoms with Crippen molar-refractivity contribution in [3.05, 3.63) is 11.9 Å². The van der Waals surface area contributed by atoms with Gasteiger partial charge in [0.25, 0.3) is 0 Å². The van der Waals surface area contributed by atoms with Crippen LogP contribution in [0.15, 0.2) is 6.20 Å². The van der Waals surface area contributed by atoms with Crippen molar-refractivity contribution in [2.45, 2.75) is 39.7 Å². The molecule has 1 rings (SSSR count). The second kappa shape index (κ2) is 7.94. The lowest BCUT2D eigenvalue weighted by Crippen LogP contribution is -2.28. The molecule has 0 amide bonds. The van der Waals surface area contributed by atoms with E-state index in [1.54, 1.807) is 20.4 Å². The van der Waals surface area contributed by atoms with Crippen LogP contribution in [-0.2, 0) is 0 Å². The molecule has 0 aliphatic carbocycles. The van der Waals surface area contributed by atoms with Gasteiger partial charge < -0.3 is 14.8 Å². The van der Waals surface area contributed by atoms with E-state index in [4.69, 9.17) is 9.47 Å². The number of hydrogen-bond acceptors (Lipinski definition) is 5. The fraction of sp³-hybridized carbons (Fsp3) is 0.714. The molecular weight excluding hydrogens is 242 g/mol. The first-order valence-corrected chi connectivity index (χ1v) is 6.86. The van der Waals surface area contributed by atoms with Crippen molar-refractivity contribution < 1.29 is 9.47 Å². The Hall–Kier alpha value is -1.36. The van der Waals surface area contributed by atoms with E-state index in [1.807, 2.05) is 0 Å². The Morgan fingerprint density at radius 1 is 1.26 bits per heavy atom. The topological polar surface area (TPSA) is 56.3 Å². The van der Waals surface area contributed by atoms with E-state index in [9.17, 15) is 0 Å². The highest BCUT2D eigenvalue weighted by molar-refractivity contribution is 5.26. The molecule has 0 bridgehead atoms. The molecule has 1 N–H and O–H groups in total. The van der Waals surface area contributed by atoms with E-state index in [0.717, 1.165) is 25.1 Å². The van der Waals surface area contributed by atoms with Gasteiger partial charge in [0.1, 0.15) is 5.69 Å². The van der Waals surface area contributed by atoms with Crippen LogP contribution in [0.25, 0.3) is 0 Å². The first-order valence-electron chi connectivity index (χ1n) is 6.86. The fourth-order valence-corrected chi connectivity index (χ4v) is 2.24. The van der Waals surface area contributed by atoms with E-state index in [2.05, 4.69) is 36.1 Å². The third-order valence-electron chi connectivity index (χ3n) is 3.18. The van der Waals surface area contributed by atoms with Crippen molar-refractivity contribution in [3.63, 3.8) is 0 Å². The van der Waals surface area contributed by atoms with Crippen LogP contribution in [0, 0.1) is 5.92 Å². The summed E-state index contributed by atoms with van der Waals surface area (Å²) in [6.45, 7) is 7.39. The summed E-state index contributed by atoms with van der Waals surface area (Å²) in [5.41, 5.74) is 0.853. The van der Waals surface area contributed by atoms with Gasteiger partial charge >= 0.3 is 0 Å². The molecule has 19 heavy (non-hydrogen) atoms. The van der Waals surface area contributed by atoms with Gasteiger partial charge in [0.2, 0.25) is 11.8 Å². The molecule has 0 saturated carbocycles. The molecule has 1 aromatic heterocycles. The number of aromatic nitrogens is 2. The lowest BCUT2D eigenvalue weighted by Gasteiger charge is -2.25. The Morgan fingerprint density at radius 3 is 2.53 bits per heavy atom. The van der Waals surface area contributed by atoms with Crippen molar-refractivity contribution in [1.29, 1.82) is 0 Å². The predicted octanol–water partition coefficient (Wildman–Crippen LogP) is 2.58. The summed E-state index contributed by atoms with van der Waals surface area (Å²) < 4.78 is 10.4. The van der Waals surface area contributed by atoms with Crippen LogP contribution in [0.2, 0.25) is 0 Å². The molecule has 0 fully saturated rings. The monoisotopic (exact) mass is 267 g/mol. The molecule has 0 radical (unpaired) electrons. The van der Waals surface area contributed by atoms with Crippen molar-refractivity contribution in [3.8, 4) is 11.8 Å². The van der Waals surface area contributed by atoms with Gasteiger partial charge in [-0.25, -0.2) is 4.98 Å². The molecule has 0 aromatic carbocycles. The first-order chi connectivity index (χ1) is 9.17. The molecule has 0 saturated heterocycles. The zero-order valence-corrected chi connectivity index (χ0v) is 12.6. The molecule has 0 spiro atoms. The maximum Gasteiger partial charge on any atom is 0.240 e. The van der Waals surface area contributed by atoms with Gasteiger partial charge in [0.15, 0.2) is 0 Å². The smallest absolute Gasteiger partial charge is 0.240 e. The van der Waals surface area contributed by atoms with Crippen LogP contribution in [-0.4, -0.2) is 30.7 Å². The van der Waals surface area contributed by atoms with E-state index in [0.29, 0.717) is 17.7 Å². The van der Waals surface area contributed by atoms with Crippen LogP contribution in [0.1, 0.15) is 45.3 Å². The summed E-state index contributed by atoms with van der Waals surface area (Å²) in [4.78, 5) is 8.78. The SMILES string of the molecule is CCCC(C)C(NCC)c1ncc(OC)nc1OC. The molecule has 0 aliphatic rings. The zero-order chi connectivity index (χ0) is 14.3. The second-order valence-corrected chi connectivity index (χ2v) is 4.61. The van der Waals surface area contributed by atoms with Crippen molar-refractivity contribution >= 4 is 0 Å². The molecule has 2 atom stereocenters. The Morgan fingerprint density at radius 2 is 2.00 bits per heavy atom. The Kier molecular flexibility index (Phi) is 6.56. The molecule has 5 nitrogen and oxygen atoms in total. The Balaban J connectivity index is 3.06. The summed E-state index contributed by atoms with van der Waals surface area (Å²) in [7, 11) is 3.19. The van der Waals surface area contributed by atoms with Crippen molar-refractivity contribution in [1.82, 2.24) is 15.3 Å². The molecule has 108 valence electrons. The van der Waals surface area contributed by atoms with E-state index < -0.39 is 0 Å². The lowest BCUT2D eigenvalue weighted by atomic mass is 9.94. The van der Waals surface area contributed by atoms with Gasteiger partial charge in [0.05, 0.1) is 26.5 Å². The summed E-state index contributed by atoms with van der Waals surface area (Å²) in [5, 5.41) is 3.47. The minimum Gasteiger partial charge on any atom is -0.480 e. The van der Waals surface area contributed by atoms with Gasteiger partial charge in [-0.2, -0.15) is 4.98 Å². The Labute approximate surface area is 115 Å². The van der Waals surface area contributed by atoms with Gasteiger partial charge in [-0.3, -0.25) is 0 Å². The van der Waals surface area contributed by atoms with Crippen LogP contribution < -0.4 is 14.8 Å². The maximum atomic E-state index is 5.35. The number of hydrogen-bond donors (Lipinski definition) is 1. The third-order valence-corrected chi connectivity index (χ3v) is 3.18. The Bertz CT molecular complexity index is 385. The minimum absolute atomic E-state index is 0.151. The van der Waals surface area contributed by atoms with Crippen molar-refractivity contribution in [2.75, 3.05) is 20.8 Å². The number of ether oxygens (including phenoxy) is 2. The zero-order valence-electron chi connectivity index (χ0n) is 12.6. The van der Waals surface area contributed by atoms with Crippen LogP contribution in [0.5, 0.6) is 11.8 Å². The average molecular weight is 267 g/mol. The predicted molar refractivity (Wildman–Crippen MR) is 75.6 cm³/mol. The third kappa shape index (κ3) is 4.06. The van der Waals surface area contributed by atoms with Crippen LogP contribution >= 0.6 is 0 Å². The fourth-order valence-electron chi connectivity index (χ4n) is 2.24. The average Bonchev–Trinajstić information content (AvgIpc) is 2.44. The normalized spacial score (nSPS) is 13.9. The standard InChI is InChI=1S/C14H25N3O2/c1-6-8-10(3)12(15-7-2)13-14(19-5)17-11(18-4)9-16-13/h9-10,12,15H,6-8H2,1-5H3. The largest absolute Gasteiger partial charge is 0.480 e. The molecule has 1 aromatic rings. The highest BCUT2D eigenvalue weighted by atomic mass is 16.5. The summed E-state index contributed by atoms with van der Waals surface area (Å²) >= 11 is 0. The molecule has 2 unspecified atom stereocenters. The number of rotatable bonds is 8. The first kappa shape index (κ1) is 15.7. The number of nitrogens with zero attached hydrogens (tertiary/aromatic N) is 2. The lowest BCUT2D eigenvalue weighted by molar-refractivity contribution is 0.320. The number of nitrogens with one attached hydrogen (secondary N) is 1. The van der Waals surface area contributed by atoms with Gasteiger partial charge in [-0.1, -0.05) is 27.2 Å². The maximum absolute atomic E-state index is 5.35. The molecule has 0 aliphatic heterocycles. The molecule has 5 heteroatoms. The quantitative estimate of drug-likeness (QED) is 0.784. The van der Waals surface area contributed by atoms with Crippen molar-refractivity contribution in [2.24, 2.45) is 5.92 Å². The summed E-state index contributed by atoms with van der Waals surface area (Å²) in [6.07, 6.45) is 3.92. The van der Waals surface area contributed by atoms with Gasteiger partial charge in [-0.05, 0) is 18.9 Å². The van der Waals surface area contributed by atoms with E-state index in [-0.39, 0.29) is 6.04 Å². The van der Waals surface area contributed by atoms with Gasteiger partial charge in [-0.15, -0.1) is 0 Å². The van der Waals surface area contributed by atoms with E-state index in [1.165, 1.54) is 0 Å². The number of methoxy groups -OCH3 is 2.